The van der Waals surface area contributed by atoms with E-state index in [9.17, 15) is 0 Å². The zero-order chi connectivity index (χ0) is 11.5. The van der Waals surface area contributed by atoms with Crippen molar-refractivity contribution in [1.29, 1.82) is 0 Å². The van der Waals surface area contributed by atoms with Gasteiger partial charge in [-0.1, -0.05) is 17.7 Å². The lowest BCUT2D eigenvalue weighted by molar-refractivity contribution is 0.857. The van der Waals surface area contributed by atoms with Gasteiger partial charge >= 0.3 is 0 Å². The minimum absolute atomic E-state index is 0.181. The average Bonchev–Trinajstić information content (AvgIpc) is 2.32. The van der Waals surface area contributed by atoms with Crippen molar-refractivity contribution in [2.75, 3.05) is 0 Å². The number of halogens is 2. The van der Waals surface area contributed by atoms with Crippen LogP contribution >= 0.6 is 34.2 Å². The topological polar surface area (TPSA) is 38.9 Å². The van der Waals surface area contributed by atoms with E-state index in [2.05, 4.69) is 27.6 Å². The Balaban J connectivity index is 2.41. The average molecular weight is 345 g/mol. The summed E-state index contributed by atoms with van der Waals surface area (Å²) in [4.78, 5) is 4.07. The zero-order valence-electron chi connectivity index (χ0n) is 8.40. The number of nitrogens with zero attached hydrogens (tertiary/aromatic N) is 1. The van der Waals surface area contributed by atoms with Crippen LogP contribution in [0.1, 0.15) is 17.2 Å². The van der Waals surface area contributed by atoms with Crippen LogP contribution in [0, 0.1) is 3.57 Å². The van der Waals surface area contributed by atoms with E-state index in [0.29, 0.717) is 5.02 Å². The van der Waals surface area contributed by atoms with Gasteiger partial charge in [0.15, 0.2) is 0 Å². The van der Waals surface area contributed by atoms with Crippen molar-refractivity contribution in [2.24, 2.45) is 5.73 Å². The Labute approximate surface area is 113 Å². The molecule has 0 radical (unpaired) electrons. The molecule has 0 aliphatic heterocycles. The molecular weight excluding hydrogens is 335 g/mol. The van der Waals surface area contributed by atoms with Gasteiger partial charge in [-0.2, -0.15) is 0 Å². The van der Waals surface area contributed by atoms with Crippen LogP contribution in [0.5, 0.6) is 0 Å². The molecule has 16 heavy (non-hydrogen) atoms. The fraction of sp³-hybridized carbons (Fsp3) is 0.0833. The molecule has 0 saturated carbocycles. The molecule has 4 heteroatoms. The molecule has 2 rings (SSSR count). The molecule has 1 atom stereocenters. The molecule has 0 bridgehead atoms. The summed E-state index contributed by atoms with van der Waals surface area (Å²) in [6.45, 7) is 0. The number of benzene rings is 1. The third kappa shape index (κ3) is 2.53. The van der Waals surface area contributed by atoms with E-state index in [1.165, 1.54) is 0 Å². The number of nitrogens with two attached hydrogens (primary N) is 1. The molecule has 2 N–H and O–H groups in total. The normalized spacial score (nSPS) is 12.4. The maximum absolute atomic E-state index is 6.18. The Morgan fingerprint density at radius 1 is 1.31 bits per heavy atom. The summed E-state index contributed by atoms with van der Waals surface area (Å²) < 4.78 is 1.11. The molecular formula is C12H10ClIN2. The maximum Gasteiger partial charge on any atom is 0.0577 e. The first-order valence-corrected chi connectivity index (χ1v) is 6.24. The first-order valence-electron chi connectivity index (χ1n) is 4.79. The van der Waals surface area contributed by atoms with Crippen molar-refractivity contribution in [1.82, 2.24) is 4.98 Å². The van der Waals surface area contributed by atoms with Gasteiger partial charge < -0.3 is 5.73 Å². The quantitative estimate of drug-likeness (QED) is 0.848. The van der Waals surface area contributed by atoms with Gasteiger partial charge in [0, 0.05) is 21.0 Å². The van der Waals surface area contributed by atoms with Gasteiger partial charge in [0.05, 0.1) is 6.04 Å². The highest BCUT2D eigenvalue weighted by Gasteiger charge is 2.12. The van der Waals surface area contributed by atoms with Crippen molar-refractivity contribution < 1.29 is 0 Å². The van der Waals surface area contributed by atoms with Crippen LogP contribution in [0.2, 0.25) is 5.02 Å². The highest BCUT2D eigenvalue weighted by atomic mass is 127. The van der Waals surface area contributed by atoms with Crippen LogP contribution in [-0.4, -0.2) is 4.98 Å². The first kappa shape index (κ1) is 11.8. The monoisotopic (exact) mass is 344 g/mol. The predicted octanol–water partition coefficient (Wildman–Crippen LogP) is 3.39. The molecule has 2 nitrogen and oxygen atoms in total. The second kappa shape index (κ2) is 5.12. The summed E-state index contributed by atoms with van der Waals surface area (Å²) in [5.41, 5.74) is 8.20. The Hall–Kier alpha value is -0.650. The highest BCUT2D eigenvalue weighted by molar-refractivity contribution is 14.1. The molecule has 0 aliphatic carbocycles. The summed E-state index contributed by atoms with van der Waals surface area (Å²) in [6, 6.07) is 9.40. The number of hydrogen-bond donors (Lipinski definition) is 1. The van der Waals surface area contributed by atoms with Crippen LogP contribution in [0.3, 0.4) is 0 Å². The Morgan fingerprint density at radius 2 is 2.12 bits per heavy atom. The SMILES string of the molecule is NC(c1cccnc1)c1cc(Cl)ccc1I. The molecule has 1 heterocycles. The smallest absolute Gasteiger partial charge is 0.0577 e. The predicted molar refractivity (Wildman–Crippen MR) is 74.4 cm³/mol. The number of aromatic nitrogens is 1. The van der Waals surface area contributed by atoms with Gasteiger partial charge in [-0.25, -0.2) is 0 Å². The van der Waals surface area contributed by atoms with Crippen LogP contribution in [0.15, 0.2) is 42.7 Å². The van der Waals surface area contributed by atoms with Crippen molar-refractivity contribution in [3.63, 3.8) is 0 Å². The van der Waals surface area contributed by atoms with E-state index < -0.39 is 0 Å². The molecule has 0 saturated heterocycles. The van der Waals surface area contributed by atoms with Crippen molar-refractivity contribution in [3.05, 3.63) is 62.4 Å². The molecule has 0 aliphatic rings. The first-order chi connectivity index (χ1) is 7.68. The summed E-state index contributed by atoms with van der Waals surface area (Å²) >= 11 is 8.23. The second-order valence-electron chi connectivity index (χ2n) is 3.43. The molecule has 2 aromatic rings. The van der Waals surface area contributed by atoms with Gasteiger partial charge in [0.1, 0.15) is 0 Å². The lowest BCUT2D eigenvalue weighted by Gasteiger charge is -2.14. The van der Waals surface area contributed by atoms with Gasteiger partial charge in [-0.05, 0) is 58.0 Å². The number of hydrogen-bond acceptors (Lipinski definition) is 2. The summed E-state index contributed by atoms with van der Waals surface area (Å²) in [5.74, 6) is 0. The fourth-order valence-electron chi connectivity index (χ4n) is 1.49. The Bertz CT molecular complexity index is 488. The van der Waals surface area contributed by atoms with Gasteiger partial charge in [0.25, 0.3) is 0 Å². The van der Waals surface area contributed by atoms with Crippen LogP contribution in [0.4, 0.5) is 0 Å². The summed E-state index contributed by atoms with van der Waals surface area (Å²) in [5, 5.41) is 0.703. The minimum atomic E-state index is -0.181. The van der Waals surface area contributed by atoms with Gasteiger partial charge in [-0.15, -0.1) is 0 Å². The zero-order valence-corrected chi connectivity index (χ0v) is 11.3. The lowest BCUT2D eigenvalue weighted by atomic mass is 10.0. The third-order valence-corrected chi connectivity index (χ3v) is 3.55. The summed E-state index contributed by atoms with van der Waals surface area (Å²) in [7, 11) is 0. The van der Waals surface area contributed by atoms with Crippen molar-refractivity contribution >= 4 is 34.2 Å². The maximum atomic E-state index is 6.18. The third-order valence-electron chi connectivity index (χ3n) is 2.34. The van der Waals surface area contributed by atoms with E-state index in [1.807, 2.05) is 30.3 Å². The second-order valence-corrected chi connectivity index (χ2v) is 5.03. The van der Waals surface area contributed by atoms with E-state index in [4.69, 9.17) is 17.3 Å². The van der Waals surface area contributed by atoms with Crippen molar-refractivity contribution in [2.45, 2.75) is 6.04 Å². The fourth-order valence-corrected chi connectivity index (χ4v) is 2.34. The van der Waals surface area contributed by atoms with Crippen molar-refractivity contribution in [3.8, 4) is 0 Å². The largest absolute Gasteiger partial charge is 0.320 e. The van der Waals surface area contributed by atoms with E-state index in [0.717, 1.165) is 14.7 Å². The molecule has 0 spiro atoms. The van der Waals surface area contributed by atoms with E-state index in [-0.39, 0.29) is 6.04 Å². The number of pyridine rings is 1. The Kier molecular flexibility index (Phi) is 3.78. The van der Waals surface area contributed by atoms with Crippen LogP contribution in [0.25, 0.3) is 0 Å². The molecule has 1 unspecified atom stereocenters. The van der Waals surface area contributed by atoms with Crippen LogP contribution in [-0.2, 0) is 0 Å². The molecule has 1 aromatic heterocycles. The minimum Gasteiger partial charge on any atom is -0.320 e. The summed E-state index contributed by atoms with van der Waals surface area (Å²) in [6.07, 6.45) is 3.51. The highest BCUT2D eigenvalue weighted by Crippen LogP contribution is 2.26. The molecule has 1 aromatic carbocycles. The lowest BCUT2D eigenvalue weighted by Crippen LogP contribution is -2.13. The molecule has 0 amide bonds. The number of rotatable bonds is 2. The van der Waals surface area contributed by atoms with E-state index >= 15 is 0 Å². The van der Waals surface area contributed by atoms with Gasteiger partial charge in [-0.3, -0.25) is 4.98 Å². The van der Waals surface area contributed by atoms with Gasteiger partial charge in [0.2, 0.25) is 0 Å². The van der Waals surface area contributed by atoms with Crippen LogP contribution < -0.4 is 5.73 Å². The molecule has 0 fully saturated rings. The standard InChI is InChI=1S/C12H10ClIN2/c13-9-3-4-11(14)10(6-9)12(15)8-2-1-5-16-7-8/h1-7,12H,15H2. The Morgan fingerprint density at radius 3 is 2.81 bits per heavy atom. The molecule has 82 valence electrons. The van der Waals surface area contributed by atoms with E-state index in [1.54, 1.807) is 12.4 Å².